The summed E-state index contributed by atoms with van der Waals surface area (Å²) in [6, 6.07) is 15.9. The van der Waals surface area contributed by atoms with Crippen molar-refractivity contribution in [3.05, 3.63) is 42.5 Å². The van der Waals surface area contributed by atoms with Crippen molar-refractivity contribution in [1.82, 2.24) is 0 Å². The van der Waals surface area contributed by atoms with Gasteiger partial charge in [-0.15, -0.1) is 0 Å². The van der Waals surface area contributed by atoms with E-state index in [1.54, 1.807) is 0 Å². The highest BCUT2D eigenvalue weighted by Crippen LogP contribution is 2.38. The fourth-order valence-corrected chi connectivity index (χ4v) is 3.07. The normalized spacial score (nSPS) is 22.2. The van der Waals surface area contributed by atoms with E-state index in [0.717, 1.165) is 0 Å². The quantitative estimate of drug-likeness (QED) is 0.791. The lowest BCUT2D eigenvalue weighted by Gasteiger charge is -2.18. The van der Waals surface area contributed by atoms with Crippen LogP contribution in [-0.4, -0.2) is 6.04 Å². The molecule has 1 aliphatic carbocycles. The summed E-state index contributed by atoms with van der Waals surface area (Å²) < 4.78 is 0. The molecule has 1 atom stereocenters. The van der Waals surface area contributed by atoms with Gasteiger partial charge in [0.1, 0.15) is 0 Å². The van der Waals surface area contributed by atoms with Crippen LogP contribution in [0.5, 0.6) is 0 Å². The average molecular weight is 239 g/mol. The molecular formula is C17H21N. The van der Waals surface area contributed by atoms with E-state index in [2.05, 4.69) is 61.6 Å². The number of anilines is 1. The van der Waals surface area contributed by atoms with Gasteiger partial charge in [0.25, 0.3) is 0 Å². The van der Waals surface area contributed by atoms with Crippen LogP contribution in [0.1, 0.15) is 33.1 Å². The Labute approximate surface area is 109 Å². The molecule has 1 heteroatoms. The Morgan fingerprint density at radius 1 is 1.06 bits per heavy atom. The van der Waals surface area contributed by atoms with Crippen LogP contribution < -0.4 is 5.32 Å². The van der Waals surface area contributed by atoms with Crippen molar-refractivity contribution in [3.63, 3.8) is 0 Å². The lowest BCUT2D eigenvalue weighted by atomic mass is 9.92. The summed E-state index contributed by atoms with van der Waals surface area (Å²) >= 11 is 0. The predicted octanol–water partition coefficient (Wildman–Crippen LogP) is 4.83. The monoisotopic (exact) mass is 239 g/mol. The second-order valence-corrected chi connectivity index (χ2v) is 6.31. The molecule has 1 nitrogen and oxygen atoms in total. The zero-order chi connectivity index (χ0) is 12.6. The minimum Gasteiger partial charge on any atom is -0.382 e. The van der Waals surface area contributed by atoms with Gasteiger partial charge in [0.2, 0.25) is 0 Å². The van der Waals surface area contributed by atoms with Gasteiger partial charge in [-0.2, -0.15) is 0 Å². The van der Waals surface area contributed by atoms with Crippen LogP contribution in [0.4, 0.5) is 5.69 Å². The van der Waals surface area contributed by atoms with E-state index in [4.69, 9.17) is 0 Å². The molecule has 0 saturated heterocycles. The maximum absolute atomic E-state index is 3.69. The Kier molecular flexibility index (Phi) is 2.77. The third-order valence-electron chi connectivity index (χ3n) is 4.09. The molecule has 3 rings (SSSR count). The molecule has 0 heterocycles. The first-order chi connectivity index (χ1) is 8.62. The van der Waals surface area contributed by atoms with E-state index >= 15 is 0 Å². The Hall–Kier alpha value is -1.50. The largest absolute Gasteiger partial charge is 0.382 e. The first-order valence-electron chi connectivity index (χ1n) is 6.88. The van der Waals surface area contributed by atoms with Crippen molar-refractivity contribution in [2.45, 2.75) is 39.2 Å². The maximum Gasteiger partial charge on any atom is 0.0348 e. The molecule has 0 bridgehead atoms. The number of benzene rings is 2. The molecule has 94 valence electrons. The first kappa shape index (κ1) is 11.6. The molecule has 1 aliphatic rings. The lowest BCUT2D eigenvalue weighted by Crippen LogP contribution is -2.17. The maximum atomic E-state index is 3.69. The fraction of sp³-hybridized carbons (Fsp3) is 0.412. The summed E-state index contributed by atoms with van der Waals surface area (Å²) in [6.45, 7) is 4.74. The number of fused-ring (bicyclic) bond motifs is 1. The minimum atomic E-state index is 0.508. The molecule has 0 spiro atoms. The number of nitrogens with one attached hydrogen (secondary N) is 1. The van der Waals surface area contributed by atoms with Crippen LogP contribution in [0.25, 0.3) is 10.8 Å². The van der Waals surface area contributed by atoms with Crippen LogP contribution in [-0.2, 0) is 0 Å². The molecular weight excluding hydrogens is 218 g/mol. The smallest absolute Gasteiger partial charge is 0.0348 e. The van der Waals surface area contributed by atoms with E-state index in [1.165, 1.54) is 35.7 Å². The molecule has 0 radical (unpaired) electrons. The standard InChI is InChI=1S/C17H21N/c1-17(2)10-9-16(12-17)18-15-8-7-13-5-3-4-6-14(13)11-15/h3-8,11,16,18H,9-10,12H2,1-2H3. The van der Waals surface area contributed by atoms with Gasteiger partial charge in [0.15, 0.2) is 0 Å². The van der Waals surface area contributed by atoms with Gasteiger partial charge in [0, 0.05) is 11.7 Å². The van der Waals surface area contributed by atoms with Gasteiger partial charge < -0.3 is 5.32 Å². The number of hydrogen-bond acceptors (Lipinski definition) is 1. The molecule has 1 unspecified atom stereocenters. The third-order valence-corrected chi connectivity index (χ3v) is 4.09. The molecule has 0 aromatic heterocycles. The van der Waals surface area contributed by atoms with E-state index in [1.807, 2.05) is 0 Å². The highest BCUT2D eigenvalue weighted by Gasteiger charge is 2.30. The molecule has 2 aromatic rings. The van der Waals surface area contributed by atoms with Gasteiger partial charge in [0.05, 0.1) is 0 Å². The molecule has 1 N–H and O–H groups in total. The third kappa shape index (κ3) is 2.35. The summed E-state index contributed by atoms with van der Waals surface area (Å²) in [7, 11) is 0. The second kappa shape index (κ2) is 4.31. The average Bonchev–Trinajstić information content (AvgIpc) is 2.68. The van der Waals surface area contributed by atoms with Crippen LogP contribution in [0.15, 0.2) is 42.5 Å². The van der Waals surface area contributed by atoms with Crippen molar-refractivity contribution >= 4 is 16.5 Å². The van der Waals surface area contributed by atoms with Gasteiger partial charge in [-0.05, 0) is 47.6 Å². The first-order valence-corrected chi connectivity index (χ1v) is 6.88. The highest BCUT2D eigenvalue weighted by molar-refractivity contribution is 5.85. The van der Waals surface area contributed by atoms with Crippen molar-refractivity contribution in [1.29, 1.82) is 0 Å². The van der Waals surface area contributed by atoms with Gasteiger partial charge in [-0.25, -0.2) is 0 Å². The summed E-state index contributed by atoms with van der Waals surface area (Å²) in [5, 5.41) is 6.32. The molecule has 1 saturated carbocycles. The Morgan fingerprint density at radius 2 is 1.83 bits per heavy atom. The van der Waals surface area contributed by atoms with Gasteiger partial charge in [-0.3, -0.25) is 0 Å². The summed E-state index contributed by atoms with van der Waals surface area (Å²) in [5.74, 6) is 0. The SMILES string of the molecule is CC1(C)CCC(Nc2ccc3ccccc3c2)C1. The Morgan fingerprint density at radius 3 is 2.56 bits per heavy atom. The zero-order valence-corrected chi connectivity index (χ0v) is 11.2. The molecule has 2 aromatic carbocycles. The summed E-state index contributed by atoms with van der Waals surface area (Å²) in [4.78, 5) is 0. The van der Waals surface area contributed by atoms with E-state index < -0.39 is 0 Å². The van der Waals surface area contributed by atoms with Gasteiger partial charge >= 0.3 is 0 Å². The summed E-state index contributed by atoms with van der Waals surface area (Å²) in [5.41, 5.74) is 1.77. The minimum absolute atomic E-state index is 0.508. The van der Waals surface area contributed by atoms with Crippen molar-refractivity contribution in [2.75, 3.05) is 5.32 Å². The predicted molar refractivity (Wildman–Crippen MR) is 79.0 cm³/mol. The molecule has 0 aliphatic heterocycles. The molecule has 0 amide bonds. The number of hydrogen-bond donors (Lipinski definition) is 1. The van der Waals surface area contributed by atoms with Gasteiger partial charge in [-0.1, -0.05) is 44.2 Å². The number of rotatable bonds is 2. The highest BCUT2D eigenvalue weighted by atomic mass is 14.9. The Bertz CT molecular complexity index is 556. The lowest BCUT2D eigenvalue weighted by molar-refractivity contribution is 0.378. The molecule has 18 heavy (non-hydrogen) atoms. The van der Waals surface area contributed by atoms with E-state index in [9.17, 15) is 0 Å². The van der Waals surface area contributed by atoms with Crippen molar-refractivity contribution in [2.24, 2.45) is 5.41 Å². The van der Waals surface area contributed by atoms with Crippen LogP contribution in [0, 0.1) is 5.41 Å². The Balaban J connectivity index is 1.79. The van der Waals surface area contributed by atoms with E-state index in [-0.39, 0.29) is 0 Å². The van der Waals surface area contributed by atoms with Crippen molar-refractivity contribution < 1.29 is 0 Å². The fourth-order valence-electron chi connectivity index (χ4n) is 3.07. The van der Waals surface area contributed by atoms with Crippen LogP contribution in [0.3, 0.4) is 0 Å². The zero-order valence-electron chi connectivity index (χ0n) is 11.2. The summed E-state index contributed by atoms with van der Waals surface area (Å²) in [6.07, 6.45) is 3.90. The molecule has 1 fully saturated rings. The van der Waals surface area contributed by atoms with E-state index in [0.29, 0.717) is 11.5 Å². The topological polar surface area (TPSA) is 12.0 Å². The van der Waals surface area contributed by atoms with Crippen LogP contribution in [0.2, 0.25) is 0 Å². The second-order valence-electron chi connectivity index (χ2n) is 6.31. The van der Waals surface area contributed by atoms with Crippen LogP contribution >= 0.6 is 0 Å². The van der Waals surface area contributed by atoms with Crippen molar-refractivity contribution in [3.8, 4) is 0 Å².